The highest BCUT2D eigenvalue weighted by atomic mass is 32.2. The number of carbonyl (C=O) groups is 5. The van der Waals surface area contributed by atoms with Crippen LogP contribution in [0.3, 0.4) is 0 Å². The van der Waals surface area contributed by atoms with Gasteiger partial charge in [-0.05, 0) is 66.6 Å². The summed E-state index contributed by atoms with van der Waals surface area (Å²) in [6, 6.07) is -3.89. The van der Waals surface area contributed by atoms with E-state index in [2.05, 4.69) is 41.7 Å². The molecule has 1 heterocycles. The van der Waals surface area contributed by atoms with Crippen LogP contribution in [0.25, 0.3) is 0 Å². The average Bonchev–Trinajstić information content (AvgIpc) is 3.58. The first-order valence-corrected chi connectivity index (χ1v) is 21.1. The predicted molar refractivity (Wildman–Crippen MR) is 200 cm³/mol. The van der Waals surface area contributed by atoms with Gasteiger partial charge in [-0.2, -0.15) is 0 Å². The van der Waals surface area contributed by atoms with E-state index in [1.807, 2.05) is 20.8 Å². The monoisotopic (exact) mass is 748 g/mol. The zero-order chi connectivity index (χ0) is 38.6. The second kappa shape index (κ2) is 17.0. The van der Waals surface area contributed by atoms with Crippen molar-refractivity contribution in [1.29, 1.82) is 0 Å². The minimum absolute atomic E-state index is 0.0431. The summed E-state index contributed by atoms with van der Waals surface area (Å²) in [6.45, 7) is 14.2. The van der Waals surface area contributed by atoms with Crippen molar-refractivity contribution in [2.24, 2.45) is 34.5 Å². The first-order valence-electron chi connectivity index (χ1n) is 19.3. The molecule has 52 heavy (non-hydrogen) atoms. The fourth-order valence-electron chi connectivity index (χ4n) is 8.64. The Morgan fingerprint density at radius 3 is 2.17 bits per heavy atom. The second-order valence-corrected chi connectivity index (χ2v) is 19.7. The molecule has 3 aliphatic carbocycles. The molecule has 14 heteroatoms. The van der Waals surface area contributed by atoms with Crippen molar-refractivity contribution in [3.05, 3.63) is 12.7 Å². The Kier molecular flexibility index (Phi) is 13.6. The lowest BCUT2D eigenvalue weighted by Crippen LogP contribution is -2.61. The van der Waals surface area contributed by atoms with E-state index in [4.69, 9.17) is 0 Å². The molecular formula is C38H64N6O7S. The summed E-state index contributed by atoms with van der Waals surface area (Å²) in [6.07, 6.45) is 11.9. The molecule has 4 fully saturated rings. The summed E-state index contributed by atoms with van der Waals surface area (Å²) >= 11 is 0. The lowest BCUT2D eigenvalue weighted by molar-refractivity contribution is -0.144. The van der Waals surface area contributed by atoms with E-state index in [0.717, 1.165) is 70.5 Å². The fourth-order valence-corrected chi connectivity index (χ4v) is 9.06. The molecule has 0 aromatic carbocycles. The van der Waals surface area contributed by atoms with Crippen LogP contribution in [-0.4, -0.2) is 104 Å². The van der Waals surface area contributed by atoms with Gasteiger partial charge in [0, 0.05) is 32.7 Å². The standard InChI is InChI=1S/C38H64N6O7S/c1-9-20-39-34(47)32(45)28(21-24-14-13-15-24)40-33(46)31-26-18-19-38(5,6)27(26)22-44(31)35(48)30(25-16-11-10-12-17-25)42-36(49)41-29(37(2,3)4)23-43(7)52(8,50)51/h9,24-31H,1,10-23H2,2-8H3,(H,39,47)(H,40,46)(H2,41,42,49)/t26-,27-,28?,29+,30-,31-/m0/s1. The Bertz CT molecular complexity index is 1450. The third kappa shape index (κ3) is 10.1. The molecule has 1 unspecified atom stereocenters. The topological polar surface area (TPSA) is 174 Å². The van der Waals surface area contributed by atoms with Crippen LogP contribution in [-0.2, 0) is 29.2 Å². The molecule has 0 aromatic rings. The fraction of sp³-hybridized carbons (Fsp3) is 0.816. The van der Waals surface area contributed by atoms with Crippen molar-refractivity contribution in [2.75, 3.05) is 32.9 Å². The van der Waals surface area contributed by atoms with Gasteiger partial charge in [-0.1, -0.05) is 79.2 Å². The van der Waals surface area contributed by atoms with E-state index >= 15 is 0 Å². The SMILES string of the molecule is C=CCNC(=O)C(=O)C(CC1CCC1)NC(=O)[C@@H]1[C@H]2CCC(C)(C)[C@H]2CN1C(=O)[C@@H](NC(=O)N[C@H](CN(C)S(C)(=O)=O)C(C)(C)C)C1CCCCC1. The number of Topliss-reactive ketones (excluding diaryl/α,β-unsaturated/α-hetero) is 1. The molecule has 4 aliphatic rings. The summed E-state index contributed by atoms with van der Waals surface area (Å²) in [4.78, 5) is 71.0. The van der Waals surface area contributed by atoms with E-state index in [1.54, 1.807) is 4.90 Å². The van der Waals surface area contributed by atoms with Gasteiger partial charge in [-0.25, -0.2) is 17.5 Å². The van der Waals surface area contributed by atoms with Crippen molar-refractivity contribution in [2.45, 2.75) is 129 Å². The van der Waals surface area contributed by atoms with E-state index in [0.29, 0.717) is 13.0 Å². The number of amides is 5. The number of likely N-dealkylation sites (N-methyl/N-ethyl adjacent to an activating group) is 1. The molecule has 1 aliphatic heterocycles. The third-order valence-corrected chi connectivity index (χ3v) is 13.7. The predicted octanol–water partition coefficient (Wildman–Crippen LogP) is 3.35. The Labute approximate surface area is 311 Å². The maximum Gasteiger partial charge on any atom is 0.315 e. The third-order valence-electron chi connectivity index (χ3n) is 12.4. The largest absolute Gasteiger partial charge is 0.346 e. The van der Waals surface area contributed by atoms with Gasteiger partial charge in [0.1, 0.15) is 12.1 Å². The van der Waals surface area contributed by atoms with Gasteiger partial charge in [-0.3, -0.25) is 19.2 Å². The first-order chi connectivity index (χ1) is 24.2. The van der Waals surface area contributed by atoms with Gasteiger partial charge >= 0.3 is 6.03 Å². The Hall–Kier alpha value is -3.00. The van der Waals surface area contributed by atoms with Crippen LogP contribution in [0.2, 0.25) is 0 Å². The lowest BCUT2D eigenvalue weighted by atomic mass is 9.79. The summed E-state index contributed by atoms with van der Waals surface area (Å²) < 4.78 is 25.7. The number of nitrogens with one attached hydrogen (secondary N) is 4. The molecule has 1 saturated heterocycles. The van der Waals surface area contributed by atoms with E-state index in [-0.39, 0.29) is 48.1 Å². The molecule has 5 amide bonds. The number of hydrogen-bond acceptors (Lipinski definition) is 7. The van der Waals surface area contributed by atoms with Crippen LogP contribution >= 0.6 is 0 Å². The molecular weight excluding hydrogens is 685 g/mol. The summed E-state index contributed by atoms with van der Waals surface area (Å²) in [5.41, 5.74) is -0.626. The van der Waals surface area contributed by atoms with Gasteiger partial charge < -0.3 is 26.2 Å². The highest BCUT2D eigenvalue weighted by molar-refractivity contribution is 7.88. The first kappa shape index (κ1) is 41.8. The van der Waals surface area contributed by atoms with Crippen LogP contribution in [0.15, 0.2) is 12.7 Å². The lowest BCUT2D eigenvalue weighted by Gasteiger charge is -2.38. The van der Waals surface area contributed by atoms with Crippen molar-refractivity contribution in [1.82, 2.24) is 30.5 Å². The van der Waals surface area contributed by atoms with E-state index < -0.39 is 63.2 Å². The summed E-state index contributed by atoms with van der Waals surface area (Å²) in [5.74, 6) is -2.23. The number of sulfonamides is 1. The molecule has 294 valence electrons. The number of likely N-dealkylation sites (tertiary alicyclic amines) is 1. The van der Waals surface area contributed by atoms with Crippen LogP contribution in [0, 0.1) is 34.5 Å². The van der Waals surface area contributed by atoms with Crippen LogP contribution in [0.1, 0.15) is 105 Å². The number of fused-ring (bicyclic) bond motifs is 1. The van der Waals surface area contributed by atoms with Gasteiger partial charge in [0.15, 0.2) is 0 Å². The zero-order valence-corrected chi connectivity index (χ0v) is 33.3. The molecule has 13 nitrogen and oxygen atoms in total. The van der Waals surface area contributed by atoms with Crippen LogP contribution in [0.4, 0.5) is 4.79 Å². The molecule has 0 bridgehead atoms. The maximum atomic E-state index is 14.9. The summed E-state index contributed by atoms with van der Waals surface area (Å²) in [5, 5.41) is 11.5. The minimum atomic E-state index is -3.50. The Morgan fingerprint density at radius 2 is 1.62 bits per heavy atom. The van der Waals surface area contributed by atoms with E-state index in [9.17, 15) is 32.4 Å². The van der Waals surface area contributed by atoms with Crippen molar-refractivity contribution in [3.8, 4) is 0 Å². The van der Waals surface area contributed by atoms with Crippen molar-refractivity contribution < 1.29 is 32.4 Å². The Morgan fingerprint density at radius 1 is 0.962 bits per heavy atom. The van der Waals surface area contributed by atoms with Gasteiger partial charge in [0.2, 0.25) is 27.6 Å². The Balaban J connectivity index is 1.62. The minimum Gasteiger partial charge on any atom is -0.346 e. The van der Waals surface area contributed by atoms with Gasteiger partial charge in [0.25, 0.3) is 5.91 Å². The van der Waals surface area contributed by atoms with E-state index in [1.165, 1.54) is 17.4 Å². The van der Waals surface area contributed by atoms with Crippen LogP contribution < -0.4 is 21.3 Å². The van der Waals surface area contributed by atoms with Gasteiger partial charge in [0.05, 0.1) is 12.3 Å². The van der Waals surface area contributed by atoms with Gasteiger partial charge in [-0.15, -0.1) is 6.58 Å². The number of hydrogen-bond donors (Lipinski definition) is 4. The number of ketones is 1. The summed E-state index contributed by atoms with van der Waals surface area (Å²) in [7, 11) is -2.03. The maximum absolute atomic E-state index is 14.9. The molecule has 4 N–H and O–H groups in total. The average molecular weight is 749 g/mol. The second-order valence-electron chi connectivity index (χ2n) is 17.6. The van der Waals surface area contributed by atoms with Crippen LogP contribution in [0.5, 0.6) is 0 Å². The number of carbonyl (C=O) groups excluding carboxylic acids is 5. The highest BCUT2D eigenvalue weighted by Crippen LogP contribution is 2.53. The number of nitrogens with zero attached hydrogens (tertiary/aromatic N) is 2. The smallest absolute Gasteiger partial charge is 0.315 e. The molecule has 0 aromatic heterocycles. The molecule has 0 spiro atoms. The molecule has 6 atom stereocenters. The van der Waals surface area contributed by atoms with Crippen molar-refractivity contribution >= 4 is 39.6 Å². The number of urea groups is 1. The quantitative estimate of drug-likeness (QED) is 0.147. The molecule has 0 radical (unpaired) electrons. The molecule has 3 saturated carbocycles. The number of rotatable bonds is 15. The highest BCUT2D eigenvalue weighted by Gasteiger charge is 2.57. The zero-order valence-electron chi connectivity index (χ0n) is 32.5. The molecule has 4 rings (SSSR count). The van der Waals surface area contributed by atoms with Crippen molar-refractivity contribution in [3.63, 3.8) is 0 Å². The normalized spacial score (nSPS) is 25.3.